The quantitative estimate of drug-likeness (QED) is 0.416. The Labute approximate surface area is 57.7 Å². The molecule has 0 amide bonds. The normalized spacial score (nSPS) is 9.22. The van der Waals surface area contributed by atoms with Gasteiger partial charge in [-0.05, 0) is 27.2 Å². The minimum Gasteiger partial charge on any atom is -0.376 e. The minimum atomic E-state index is 0.807. The van der Waals surface area contributed by atoms with Crippen molar-refractivity contribution in [2.45, 2.75) is 27.2 Å². The second kappa shape index (κ2) is 5.83. The van der Waals surface area contributed by atoms with Gasteiger partial charge in [-0.1, -0.05) is 11.6 Å². The molecular weight excluding hydrogens is 112 g/mol. The summed E-state index contributed by atoms with van der Waals surface area (Å²) in [5, 5.41) is 0. The molecule has 1 heteroatoms. The van der Waals surface area contributed by atoms with Crippen LogP contribution in [0.5, 0.6) is 0 Å². The van der Waals surface area contributed by atoms with Crippen LogP contribution in [0.3, 0.4) is 0 Å². The molecule has 53 valence electrons. The molecule has 0 aliphatic heterocycles. The van der Waals surface area contributed by atoms with Gasteiger partial charge in [-0.2, -0.15) is 0 Å². The molecule has 0 heterocycles. The second-order valence-electron chi connectivity index (χ2n) is 2.18. The van der Waals surface area contributed by atoms with Gasteiger partial charge in [0.1, 0.15) is 0 Å². The maximum atomic E-state index is 5.01. The third-order valence-corrected chi connectivity index (χ3v) is 0.955. The van der Waals surface area contributed by atoms with E-state index in [1.807, 2.05) is 6.92 Å². The molecule has 1 nitrogen and oxygen atoms in total. The highest BCUT2D eigenvalue weighted by atomic mass is 16.5. The van der Waals surface area contributed by atoms with E-state index in [-0.39, 0.29) is 0 Å². The van der Waals surface area contributed by atoms with Gasteiger partial charge in [-0.3, -0.25) is 0 Å². The van der Waals surface area contributed by atoms with Crippen molar-refractivity contribution in [2.24, 2.45) is 0 Å². The molecule has 0 aromatic carbocycles. The van der Waals surface area contributed by atoms with E-state index >= 15 is 0 Å². The monoisotopic (exact) mass is 127 g/mol. The molecule has 9 heavy (non-hydrogen) atoms. The predicted octanol–water partition coefficient (Wildman–Crippen LogP) is 2.54. The highest BCUT2D eigenvalue weighted by molar-refractivity contribution is 4.92. The van der Waals surface area contributed by atoms with Crippen LogP contribution in [0.25, 0.3) is 0 Å². The lowest BCUT2D eigenvalue weighted by Crippen LogP contribution is -1.86. The fourth-order valence-electron chi connectivity index (χ4n) is 0.533. The molecule has 0 rings (SSSR count). The smallest absolute Gasteiger partial charge is 0.0806 e. The standard InChI is InChI=1S/C8H15O/c1-4-9-7-5-6-8(2)3/h4,6H,5,7H2,1-3H3. The van der Waals surface area contributed by atoms with Crippen molar-refractivity contribution in [3.63, 3.8) is 0 Å². The lowest BCUT2D eigenvalue weighted by Gasteiger charge is -1.94. The van der Waals surface area contributed by atoms with Crippen LogP contribution in [0.4, 0.5) is 0 Å². The third-order valence-electron chi connectivity index (χ3n) is 0.955. The lowest BCUT2D eigenvalue weighted by atomic mass is 10.3. The van der Waals surface area contributed by atoms with E-state index in [9.17, 15) is 0 Å². The summed E-state index contributed by atoms with van der Waals surface area (Å²) < 4.78 is 5.01. The van der Waals surface area contributed by atoms with Gasteiger partial charge in [0.2, 0.25) is 0 Å². The average molecular weight is 127 g/mol. The number of hydrogen-bond donors (Lipinski definition) is 0. The number of allylic oxidation sites excluding steroid dienone is 1. The molecule has 0 aromatic heterocycles. The Bertz CT molecular complexity index is 80.6. The Balaban J connectivity index is 3.00. The Hall–Kier alpha value is -0.300. The molecule has 0 atom stereocenters. The molecule has 0 N–H and O–H groups in total. The van der Waals surface area contributed by atoms with Gasteiger partial charge in [0.05, 0.1) is 13.2 Å². The largest absolute Gasteiger partial charge is 0.376 e. The van der Waals surface area contributed by atoms with Gasteiger partial charge >= 0.3 is 0 Å². The van der Waals surface area contributed by atoms with E-state index in [4.69, 9.17) is 4.74 Å². The summed E-state index contributed by atoms with van der Waals surface area (Å²) in [4.78, 5) is 0. The zero-order chi connectivity index (χ0) is 7.11. The van der Waals surface area contributed by atoms with Crippen molar-refractivity contribution in [2.75, 3.05) is 6.61 Å². The van der Waals surface area contributed by atoms with Crippen LogP contribution in [0.15, 0.2) is 11.6 Å². The van der Waals surface area contributed by atoms with E-state index in [2.05, 4.69) is 19.9 Å². The molecule has 0 aromatic rings. The summed E-state index contributed by atoms with van der Waals surface area (Å²) in [5.74, 6) is 0. The molecule has 0 bridgehead atoms. The van der Waals surface area contributed by atoms with Crippen LogP contribution in [0.2, 0.25) is 0 Å². The predicted molar refractivity (Wildman–Crippen MR) is 40.0 cm³/mol. The Morgan fingerprint density at radius 1 is 1.44 bits per heavy atom. The van der Waals surface area contributed by atoms with Crippen LogP contribution >= 0.6 is 0 Å². The van der Waals surface area contributed by atoms with Crippen LogP contribution in [0.1, 0.15) is 27.2 Å². The lowest BCUT2D eigenvalue weighted by molar-refractivity contribution is 0.210. The SMILES string of the molecule is C[CH]OCCC=C(C)C. The number of rotatable bonds is 4. The Morgan fingerprint density at radius 2 is 2.11 bits per heavy atom. The Morgan fingerprint density at radius 3 is 2.56 bits per heavy atom. The van der Waals surface area contributed by atoms with Crippen molar-refractivity contribution in [3.8, 4) is 0 Å². The Kier molecular flexibility index (Phi) is 5.64. The first kappa shape index (κ1) is 8.70. The first-order chi connectivity index (χ1) is 4.27. The van der Waals surface area contributed by atoms with E-state index in [1.54, 1.807) is 6.61 Å². The van der Waals surface area contributed by atoms with Gasteiger partial charge in [0, 0.05) is 0 Å². The van der Waals surface area contributed by atoms with Gasteiger partial charge in [-0.25, -0.2) is 0 Å². The molecular formula is C8H15O. The minimum absolute atomic E-state index is 0.807. The van der Waals surface area contributed by atoms with Gasteiger partial charge in [-0.15, -0.1) is 0 Å². The number of hydrogen-bond acceptors (Lipinski definition) is 1. The van der Waals surface area contributed by atoms with Crippen molar-refractivity contribution in [1.82, 2.24) is 0 Å². The molecule has 0 aliphatic rings. The summed E-state index contributed by atoms with van der Waals surface area (Å²) in [6.45, 7) is 8.61. The van der Waals surface area contributed by atoms with Crippen LogP contribution in [0, 0.1) is 6.61 Å². The van der Waals surface area contributed by atoms with E-state index in [1.165, 1.54) is 5.57 Å². The summed E-state index contributed by atoms with van der Waals surface area (Å²) in [6, 6.07) is 0. The molecule has 0 aliphatic carbocycles. The molecule has 0 unspecified atom stereocenters. The molecule has 1 radical (unpaired) electrons. The van der Waals surface area contributed by atoms with Crippen molar-refractivity contribution < 1.29 is 4.74 Å². The second-order valence-corrected chi connectivity index (χ2v) is 2.18. The molecule has 0 saturated carbocycles. The summed E-state index contributed by atoms with van der Waals surface area (Å²) >= 11 is 0. The van der Waals surface area contributed by atoms with Crippen molar-refractivity contribution in [1.29, 1.82) is 0 Å². The van der Waals surface area contributed by atoms with Crippen LogP contribution < -0.4 is 0 Å². The summed E-state index contributed by atoms with van der Waals surface area (Å²) in [6.07, 6.45) is 3.19. The van der Waals surface area contributed by atoms with E-state index in [0.29, 0.717) is 0 Å². The first-order valence-electron chi connectivity index (χ1n) is 3.30. The molecule has 0 fully saturated rings. The maximum absolute atomic E-state index is 5.01. The molecule has 0 spiro atoms. The maximum Gasteiger partial charge on any atom is 0.0806 e. The van der Waals surface area contributed by atoms with Crippen LogP contribution in [-0.2, 0) is 4.74 Å². The van der Waals surface area contributed by atoms with E-state index < -0.39 is 0 Å². The zero-order valence-corrected chi connectivity index (χ0v) is 6.48. The van der Waals surface area contributed by atoms with Gasteiger partial charge in [0.15, 0.2) is 0 Å². The van der Waals surface area contributed by atoms with Gasteiger partial charge < -0.3 is 4.74 Å². The average Bonchev–Trinajstić information content (AvgIpc) is 1.80. The summed E-state index contributed by atoms with van der Waals surface area (Å²) in [7, 11) is 0. The fraction of sp³-hybridized carbons (Fsp3) is 0.625. The van der Waals surface area contributed by atoms with Gasteiger partial charge in [0.25, 0.3) is 0 Å². The number of ether oxygens (including phenoxy) is 1. The van der Waals surface area contributed by atoms with E-state index in [0.717, 1.165) is 13.0 Å². The third kappa shape index (κ3) is 7.70. The van der Waals surface area contributed by atoms with Crippen LogP contribution in [-0.4, -0.2) is 6.61 Å². The van der Waals surface area contributed by atoms with Crippen molar-refractivity contribution >= 4 is 0 Å². The topological polar surface area (TPSA) is 9.23 Å². The van der Waals surface area contributed by atoms with Crippen molar-refractivity contribution in [3.05, 3.63) is 18.3 Å². The summed E-state index contributed by atoms with van der Waals surface area (Å²) in [5.41, 5.74) is 1.36. The fourth-order valence-corrected chi connectivity index (χ4v) is 0.533. The molecule has 0 saturated heterocycles. The zero-order valence-electron chi connectivity index (χ0n) is 6.48. The highest BCUT2D eigenvalue weighted by Crippen LogP contribution is 1.93. The highest BCUT2D eigenvalue weighted by Gasteiger charge is 1.80. The first-order valence-corrected chi connectivity index (χ1v) is 3.30.